The molecule has 112 valence electrons. The van der Waals surface area contributed by atoms with Crippen molar-refractivity contribution in [2.24, 2.45) is 29.6 Å². The molecule has 3 fully saturated rings. The summed E-state index contributed by atoms with van der Waals surface area (Å²) in [5.74, 6) is 4.51. The van der Waals surface area contributed by atoms with Crippen molar-refractivity contribution in [3.8, 4) is 6.07 Å². The molecule has 0 bridgehead atoms. The highest BCUT2D eigenvalue weighted by molar-refractivity contribution is 4.90. The van der Waals surface area contributed by atoms with E-state index in [-0.39, 0.29) is 0 Å². The van der Waals surface area contributed by atoms with Crippen LogP contribution in [0.4, 0.5) is 0 Å². The van der Waals surface area contributed by atoms with Crippen molar-refractivity contribution in [2.75, 3.05) is 0 Å². The molecule has 20 heavy (non-hydrogen) atoms. The predicted molar refractivity (Wildman–Crippen MR) is 83.1 cm³/mol. The topological polar surface area (TPSA) is 23.8 Å². The normalized spacial score (nSPS) is 40.1. The second-order valence-electron chi connectivity index (χ2n) is 7.81. The summed E-state index contributed by atoms with van der Waals surface area (Å²) in [5.41, 5.74) is 0. The highest BCUT2D eigenvalue weighted by Gasteiger charge is 2.33. The zero-order valence-electron chi connectivity index (χ0n) is 13.0. The van der Waals surface area contributed by atoms with E-state index in [0.717, 1.165) is 23.7 Å². The van der Waals surface area contributed by atoms with Crippen LogP contribution < -0.4 is 0 Å². The average Bonchev–Trinajstić information content (AvgIpc) is 2.56. The van der Waals surface area contributed by atoms with E-state index in [1.54, 1.807) is 0 Å². The van der Waals surface area contributed by atoms with Crippen LogP contribution in [0.5, 0.6) is 0 Å². The molecule has 3 rings (SSSR count). The van der Waals surface area contributed by atoms with Gasteiger partial charge in [-0.1, -0.05) is 32.1 Å². The Morgan fingerprint density at radius 1 is 0.500 bits per heavy atom. The van der Waals surface area contributed by atoms with Gasteiger partial charge in [-0.05, 0) is 75.0 Å². The standard InChI is InChI=1S/C19H31N/c20-14-15-6-8-17(9-7-15)19-12-10-18(11-13-19)16-4-2-1-3-5-16/h15-19H,1-13H2. The second kappa shape index (κ2) is 6.97. The van der Waals surface area contributed by atoms with Crippen LogP contribution in [0.1, 0.15) is 83.5 Å². The van der Waals surface area contributed by atoms with Crippen molar-refractivity contribution in [3.63, 3.8) is 0 Å². The lowest BCUT2D eigenvalue weighted by molar-refractivity contribution is 0.118. The Morgan fingerprint density at radius 2 is 0.900 bits per heavy atom. The van der Waals surface area contributed by atoms with E-state index in [1.165, 1.54) is 83.5 Å². The third-order valence-corrected chi connectivity index (χ3v) is 6.75. The first-order valence-electron chi connectivity index (χ1n) is 9.26. The van der Waals surface area contributed by atoms with Gasteiger partial charge in [0, 0.05) is 5.92 Å². The van der Waals surface area contributed by atoms with E-state index in [4.69, 9.17) is 5.26 Å². The van der Waals surface area contributed by atoms with Crippen molar-refractivity contribution in [2.45, 2.75) is 83.5 Å². The first kappa shape index (κ1) is 14.4. The molecule has 0 amide bonds. The number of hydrogen-bond acceptors (Lipinski definition) is 1. The fraction of sp³-hybridized carbons (Fsp3) is 0.947. The Kier molecular flexibility index (Phi) is 5.03. The predicted octanol–water partition coefficient (Wildman–Crippen LogP) is 5.70. The number of hydrogen-bond donors (Lipinski definition) is 0. The molecular formula is C19H31N. The van der Waals surface area contributed by atoms with Crippen molar-refractivity contribution in [1.82, 2.24) is 0 Å². The summed E-state index contributed by atoms with van der Waals surface area (Å²) in [4.78, 5) is 0. The molecule has 3 saturated carbocycles. The monoisotopic (exact) mass is 273 g/mol. The minimum absolute atomic E-state index is 0.379. The summed E-state index contributed by atoms with van der Waals surface area (Å²) < 4.78 is 0. The van der Waals surface area contributed by atoms with Crippen LogP contribution in [0.2, 0.25) is 0 Å². The Bertz CT molecular complexity index is 320. The van der Waals surface area contributed by atoms with Gasteiger partial charge in [0.15, 0.2) is 0 Å². The smallest absolute Gasteiger partial charge is 0.0655 e. The molecule has 0 aromatic rings. The van der Waals surface area contributed by atoms with E-state index in [9.17, 15) is 0 Å². The van der Waals surface area contributed by atoms with Crippen molar-refractivity contribution in [3.05, 3.63) is 0 Å². The molecule has 0 N–H and O–H groups in total. The molecule has 0 saturated heterocycles. The van der Waals surface area contributed by atoms with E-state index in [2.05, 4.69) is 6.07 Å². The molecular weight excluding hydrogens is 242 g/mol. The van der Waals surface area contributed by atoms with E-state index in [0.29, 0.717) is 5.92 Å². The minimum atomic E-state index is 0.379. The van der Waals surface area contributed by atoms with Gasteiger partial charge < -0.3 is 0 Å². The quantitative estimate of drug-likeness (QED) is 0.632. The van der Waals surface area contributed by atoms with Crippen LogP contribution in [0.25, 0.3) is 0 Å². The Labute approximate surface area is 125 Å². The van der Waals surface area contributed by atoms with Gasteiger partial charge in [0.05, 0.1) is 6.07 Å². The highest BCUT2D eigenvalue weighted by Crippen LogP contribution is 2.45. The van der Waals surface area contributed by atoms with Gasteiger partial charge in [0.2, 0.25) is 0 Å². The van der Waals surface area contributed by atoms with Crippen molar-refractivity contribution in [1.29, 1.82) is 5.26 Å². The summed E-state index contributed by atoms with van der Waals surface area (Å²) in [6.45, 7) is 0. The highest BCUT2D eigenvalue weighted by atomic mass is 14.4. The lowest BCUT2D eigenvalue weighted by Crippen LogP contribution is -2.28. The third kappa shape index (κ3) is 3.38. The largest absolute Gasteiger partial charge is 0.198 e. The third-order valence-electron chi connectivity index (χ3n) is 6.75. The van der Waals surface area contributed by atoms with Crippen molar-refractivity contribution >= 4 is 0 Å². The first-order chi connectivity index (χ1) is 9.86. The molecule has 0 radical (unpaired) electrons. The lowest BCUT2D eigenvalue weighted by atomic mass is 9.66. The summed E-state index contributed by atoms with van der Waals surface area (Å²) in [5, 5.41) is 9.02. The Balaban J connectivity index is 1.43. The molecule has 3 aliphatic carbocycles. The summed E-state index contributed by atoms with van der Waals surface area (Å²) in [6.07, 6.45) is 18.7. The maximum atomic E-state index is 9.02. The summed E-state index contributed by atoms with van der Waals surface area (Å²) in [7, 11) is 0. The van der Waals surface area contributed by atoms with E-state index in [1.807, 2.05) is 0 Å². The average molecular weight is 273 g/mol. The van der Waals surface area contributed by atoms with Crippen LogP contribution in [0.3, 0.4) is 0 Å². The molecule has 0 spiro atoms. The van der Waals surface area contributed by atoms with Crippen LogP contribution in [-0.2, 0) is 0 Å². The zero-order valence-corrected chi connectivity index (χ0v) is 13.0. The molecule has 0 aromatic carbocycles. The molecule has 0 aromatic heterocycles. The van der Waals surface area contributed by atoms with Gasteiger partial charge in [0.1, 0.15) is 0 Å². The van der Waals surface area contributed by atoms with Gasteiger partial charge in [-0.2, -0.15) is 5.26 Å². The van der Waals surface area contributed by atoms with Crippen LogP contribution >= 0.6 is 0 Å². The van der Waals surface area contributed by atoms with Crippen LogP contribution in [-0.4, -0.2) is 0 Å². The Morgan fingerprint density at radius 3 is 1.35 bits per heavy atom. The lowest BCUT2D eigenvalue weighted by Gasteiger charge is -2.40. The molecule has 3 aliphatic rings. The number of nitrogens with zero attached hydrogens (tertiary/aromatic N) is 1. The van der Waals surface area contributed by atoms with Gasteiger partial charge in [-0.3, -0.25) is 0 Å². The summed E-state index contributed by atoms with van der Waals surface area (Å²) in [6, 6.07) is 2.48. The van der Waals surface area contributed by atoms with E-state index < -0.39 is 0 Å². The minimum Gasteiger partial charge on any atom is -0.198 e. The van der Waals surface area contributed by atoms with Gasteiger partial charge in [0.25, 0.3) is 0 Å². The first-order valence-corrected chi connectivity index (χ1v) is 9.26. The summed E-state index contributed by atoms with van der Waals surface area (Å²) >= 11 is 0. The zero-order chi connectivity index (χ0) is 13.8. The second-order valence-corrected chi connectivity index (χ2v) is 7.81. The molecule has 0 unspecified atom stereocenters. The maximum Gasteiger partial charge on any atom is 0.0655 e. The molecule has 1 heteroatoms. The Hall–Kier alpha value is -0.510. The van der Waals surface area contributed by atoms with E-state index >= 15 is 0 Å². The molecule has 0 atom stereocenters. The van der Waals surface area contributed by atoms with Gasteiger partial charge in [-0.15, -0.1) is 0 Å². The van der Waals surface area contributed by atoms with Crippen LogP contribution in [0.15, 0.2) is 0 Å². The fourth-order valence-corrected chi connectivity index (χ4v) is 5.41. The van der Waals surface area contributed by atoms with Gasteiger partial charge in [-0.25, -0.2) is 0 Å². The molecule has 0 aliphatic heterocycles. The molecule has 1 nitrogen and oxygen atoms in total. The van der Waals surface area contributed by atoms with Crippen molar-refractivity contribution < 1.29 is 0 Å². The number of nitriles is 1. The maximum absolute atomic E-state index is 9.02. The van der Waals surface area contributed by atoms with Crippen LogP contribution in [0, 0.1) is 40.9 Å². The number of rotatable bonds is 2. The fourth-order valence-electron chi connectivity index (χ4n) is 5.41. The SMILES string of the molecule is N#CC1CCC(C2CCC(C3CCCCC3)CC2)CC1. The van der Waals surface area contributed by atoms with Gasteiger partial charge >= 0.3 is 0 Å². The molecule has 0 heterocycles.